The molecule has 0 aliphatic carbocycles. The Hall–Kier alpha value is -2.70. The Bertz CT molecular complexity index is 692. The van der Waals surface area contributed by atoms with Crippen molar-refractivity contribution in [1.82, 2.24) is 19.4 Å². The van der Waals surface area contributed by atoms with Crippen LogP contribution >= 0.6 is 0 Å². The number of pyridine rings is 1. The van der Waals surface area contributed by atoms with Gasteiger partial charge in [0.1, 0.15) is 6.33 Å². The molecular weight excluding hydrogens is 248 g/mol. The van der Waals surface area contributed by atoms with Crippen molar-refractivity contribution in [2.45, 2.75) is 6.54 Å². The van der Waals surface area contributed by atoms with Crippen LogP contribution in [0, 0.1) is 0 Å². The van der Waals surface area contributed by atoms with E-state index in [0.29, 0.717) is 11.4 Å². The fourth-order valence-corrected chi connectivity index (χ4v) is 2.14. The lowest BCUT2D eigenvalue weighted by Gasteiger charge is -2.13. The van der Waals surface area contributed by atoms with E-state index in [1.54, 1.807) is 23.7 Å². The van der Waals surface area contributed by atoms with Crippen LogP contribution in [-0.4, -0.2) is 43.5 Å². The van der Waals surface area contributed by atoms with E-state index in [-0.39, 0.29) is 23.8 Å². The highest BCUT2D eigenvalue weighted by Crippen LogP contribution is 2.23. The van der Waals surface area contributed by atoms with E-state index in [1.807, 2.05) is 0 Å². The van der Waals surface area contributed by atoms with Crippen LogP contribution in [0.25, 0.3) is 5.69 Å². The summed E-state index contributed by atoms with van der Waals surface area (Å²) in [6, 6.07) is 3.41. The summed E-state index contributed by atoms with van der Waals surface area (Å²) >= 11 is 0. The highest BCUT2D eigenvalue weighted by atomic mass is 16.4. The number of amides is 1. The normalized spacial score (nSPS) is 13.7. The summed E-state index contributed by atoms with van der Waals surface area (Å²) in [5.74, 6) is -1.35. The lowest BCUT2D eigenvalue weighted by atomic mass is 10.2. The molecule has 0 saturated heterocycles. The lowest BCUT2D eigenvalue weighted by molar-refractivity contribution is 0.0682. The Morgan fingerprint density at radius 3 is 2.95 bits per heavy atom. The van der Waals surface area contributed by atoms with Crippen LogP contribution in [0.2, 0.25) is 0 Å². The maximum Gasteiger partial charge on any atom is 0.356 e. The highest BCUT2D eigenvalue weighted by molar-refractivity contribution is 5.97. The molecule has 0 bridgehead atoms. The average Bonchev–Trinajstić information content (AvgIpc) is 2.77. The Morgan fingerprint density at radius 1 is 1.42 bits per heavy atom. The van der Waals surface area contributed by atoms with Crippen molar-refractivity contribution in [1.29, 1.82) is 0 Å². The number of carbonyl (C=O) groups is 2. The third-order valence-electron chi connectivity index (χ3n) is 3.05. The maximum atomic E-state index is 12.2. The van der Waals surface area contributed by atoms with Crippen molar-refractivity contribution in [3.8, 4) is 5.69 Å². The molecule has 0 unspecified atom stereocenters. The smallest absolute Gasteiger partial charge is 0.356 e. The summed E-state index contributed by atoms with van der Waals surface area (Å²) in [5.41, 5.74) is 1.26. The number of hydrogen-bond acceptors (Lipinski definition) is 4. The molecule has 1 aliphatic rings. The van der Waals surface area contributed by atoms with Gasteiger partial charge in [0.15, 0.2) is 11.4 Å². The molecule has 96 valence electrons. The second-order valence-corrected chi connectivity index (χ2v) is 4.25. The second kappa shape index (κ2) is 3.91. The topological polar surface area (TPSA) is 88.3 Å². The zero-order valence-electron chi connectivity index (χ0n) is 10.1. The quantitative estimate of drug-likeness (QED) is 0.807. The third-order valence-corrected chi connectivity index (χ3v) is 3.05. The van der Waals surface area contributed by atoms with Gasteiger partial charge in [0, 0.05) is 13.2 Å². The standard InChI is InChI=1S/C12H10N4O3/c1-15-5-8-10(12(18)19)14-6-16(8)7-3-2-4-13-9(7)11(15)17/h2-4,6H,5H2,1H3,(H,18,19). The minimum Gasteiger partial charge on any atom is -0.476 e. The van der Waals surface area contributed by atoms with Gasteiger partial charge in [0.2, 0.25) is 0 Å². The Kier molecular flexibility index (Phi) is 2.34. The number of aromatic nitrogens is 3. The summed E-state index contributed by atoms with van der Waals surface area (Å²) < 4.78 is 1.60. The van der Waals surface area contributed by atoms with Gasteiger partial charge in [-0.05, 0) is 12.1 Å². The van der Waals surface area contributed by atoms with E-state index in [2.05, 4.69) is 9.97 Å². The van der Waals surface area contributed by atoms with Gasteiger partial charge in [-0.2, -0.15) is 0 Å². The predicted octanol–water partition coefficient (Wildman–Crippen LogP) is 0.551. The van der Waals surface area contributed by atoms with Gasteiger partial charge in [0.25, 0.3) is 5.91 Å². The molecule has 0 saturated carbocycles. The van der Waals surface area contributed by atoms with Crippen molar-refractivity contribution >= 4 is 11.9 Å². The minimum atomic E-state index is -1.11. The minimum absolute atomic E-state index is 0.0450. The van der Waals surface area contributed by atoms with E-state index < -0.39 is 5.97 Å². The van der Waals surface area contributed by atoms with Crippen LogP contribution in [0.3, 0.4) is 0 Å². The number of hydrogen-bond donors (Lipinski definition) is 1. The number of imidazole rings is 1. The predicted molar refractivity (Wildman–Crippen MR) is 64.1 cm³/mol. The molecule has 0 fully saturated rings. The van der Waals surface area contributed by atoms with Gasteiger partial charge in [-0.25, -0.2) is 14.8 Å². The van der Waals surface area contributed by atoms with Crippen molar-refractivity contribution in [3.63, 3.8) is 0 Å². The van der Waals surface area contributed by atoms with Gasteiger partial charge in [-0.15, -0.1) is 0 Å². The molecule has 0 aromatic carbocycles. The van der Waals surface area contributed by atoms with Crippen LogP contribution in [0.5, 0.6) is 0 Å². The van der Waals surface area contributed by atoms with Crippen LogP contribution in [0.1, 0.15) is 26.7 Å². The first-order chi connectivity index (χ1) is 9.09. The SMILES string of the molecule is CN1Cc2c(C(=O)O)ncn2-c2cccnc2C1=O. The first-order valence-corrected chi connectivity index (χ1v) is 5.60. The Balaban J connectivity index is 2.31. The van der Waals surface area contributed by atoms with E-state index in [4.69, 9.17) is 5.11 Å². The van der Waals surface area contributed by atoms with Gasteiger partial charge in [-0.1, -0.05) is 0 Å². The van der Waals surface area contributed by atoms with Crippen LogP contribution in [0.4, 0.5) is 0 Å². The van der Waals surface area contributed by atoms with Gasteiger partial charge in [0.05, 0.1) is 17.9 Å². The fourth-order valence-electron chi connectivity index (χ4n) is 2.14. The number of carbonyl (C=O) groups excluding carboxylic acids is 1. The molecule has 7 heteroatoms. The molecule has 7 nitrogen and oxygen atoms in total. The molecule has 3 rings (SSSR count). The summed E-state index contributed by atoms with van der Waals surface area (Å²) in [5, 5.41) is 9.13. The molecular formula is C12H10N4O3. The molecule has 1 aliphatic heterocycles. The summed E-state index contributed by atoms with van der Waals surface area (Å²) in [6.07, 6.45) is 2.94. The van der Waals surface area contributed by atoms with Gasteiger partial charge < -0.3 is 10.0 Å². The molecule has 2 aromatic rings. The number of carboxylic acid groups (broad SMARTS) is 1. The maximum absolute atomic E-state index is 12.2. The number of carboxylic acids is 1. The number of fused-ring (bicyclic) bond motifs is 3. The Labute approximate surface area is 108 Å². The molecule has 2 aromatic heterocycles. The van der Waals surface area contributed by atoms with Gasteiger partial charge >= 0.3 is 5.97 Å². The average molecular weight is 258 g/mol. The zero-order chi connectivity index (χ0) is 13.6. The molecule has 0 atom stereocenters. The number of rotatable bonds is 1. The van der Waals surface area contributed by atoms with E-state index >= 15 is 0 Å². The highest BCUT2D eigenvalue weighted by Gasteiger charge is 2.28. The monoisotopic (exact) mass is 258 g/mol. The molecule has 1 amide bonds. The molecule has 3 heterocycles. The molecule has 0 radical (unpaired) electrons. The summed E-state index contributed by atoms with van der Waals surface area (Å²) in [4.78, 5) is 32.7. The second-order valence-electron chi connectivity index (χ2n) is 4.25. The molecule has 19 heavy (non-hydrogen) atoms. The fraction of sp³-hybridized carbons (Fsp3) is 0.167. The van der Waals surface area contributed by atoms with Crippen LogP contribution in [0.15, 0.2) is 24.7 Å². The van der Waals surface area contributed by atoms with Crippen molar-refractivity contribution in [2.24, 2.45) is 0 Å². The number of nitrogens with zero attached hydrogens (tertiary/aromatic N) is 4. The van der Waals surface area contributed by atoms with Crippen LogP contribution in [-0.2, 0) is 6.54 Å². The zero-order valence-corrected chi connectivity index (χ0v) is 10.1. The van der Waals surface area contributed by atoms with E-state index in [9.17, 15) is 9.59 Å². The lowest BCUT2D eigenvalue weighted by Crippen LogP contribution is -2.26. The van der Waals surface area contributed by atoms with Crippen molar-refractivity contribution in [2.75, 3.05) is 7.05 Å². The summed E-state index contributed by atoms with van der Waals surface area (Å²) in [7, 11) is 1.61. The van der Waals surface area contributed by atoms with E-state index in [1.165, 1.54) is 17.4 Å². The molecule has 1 N–H and O–H groups in total. The molecule has 0 spiro atoms. The van der Waals surface area contributed by atoms with Crippen molar-refractivity contribution in [3.05, 3.63) is 41.7 Å². The summed E-state index contributed by atoms with van der Waals surface area (Å²) in [6.45, 7) is 0.177. The van der Waals surface area contributed by atoms with Crippen LogP contribution < -0.4 is 0 Å². The first kappa shape index (κ1) is 11.4. The van der Waals surface area contributed by atoms with E-state index in [0.717, 1.165) is 0 Å². The third kappa shape index (κ3) is 1.59. The van der Waals surface area contributed by atoms with Gasteiger partial charge in [-0.3, -0.25) is 9.36 Å². The van der Waals surface area contributed by atoms with Crippen molar-refractivity contribution < 1.29 is 14.7 Å². The first-order valence-electron chi connectivity index (χ1n) is 5.60. The number of aromatic carboxylic acids is 1. The Morgan fingerprint density at radius 2 is 2.21 bits per heavy atom. The largest absolute Gasteiger partial charge is 0.476 e.